The maximum absolute atomic E-state index is 12.2. The summed E-state index contributed by atoms with van der Waals surface area (Å²) < 4.78 is 10.5. The maximum Gasteiger partial charge on any atom is 0.269 e. The first-order chi connectivity index (χ1) is 12.9. The number of hydrogen-bond acceptors (Lipinski definition) is 6. The van der Waals surface area contributed by atoms with Gasteiger partial charge in [-0.1, -0.05) is 0 Å². The van der Waals surface area contributed by atoms with E-state index >= 15 is 0 Å². The lowest BCUT2D eigenvalue weighted by atomic mass is 10.1. The van der Waals surface area contributed by atoms with E-state index in [1.54, 1.807) is 32.4 Å². The molecule has 0 unspecified atom stereocenters. The summed E-state index contributed by atoms with van der Waals surface area (Å²) in [7, 11) is 3.11. The summed E-state index contributed by atoms with van der Waals surface area (Å²) >= 11 is 0. The minimum atomic E-state index is -0.440. The molecular weight excluding hydrogens is 350 g/mol. The van der Waals surface area contributed by atoms with Crippen molar-refractivity contribution in [2.45, 2.75) is 19.8 Å². The molecule has 0 aliphatic rings. The van der Waals surface area contributed by atoms with Gasteiger partial charge in [-0.05, 0) is 37.1 Å². The molecule has 0 aliphatic carbocycles. The fourth-order valence-corrected chi connectivity index (χ4v) is 2.51. The van der Waals surface area contributed by atoms with Crippen molar-refractivity contribution in [3.8, 4) is 11.5 Å². The smallest absolute Gasteiger partial charge is 0.269 e. The molecule has 27 heavy (non-hydrogen) atoms. The van der Waals surface area contributed by atoms with Crippen LogP contribution < -0.4 is 20.1 Å². The van der Waals surface area contributed by atoms with Gasteiger partial charge in [0.1, 0.15) is 0 Å². The molecule has 0 aliphatic heterocycles. The number of nitrogens with one attached hydrogen (secondary N) is 2. The Morgan fingerprint density at radius 2 is 1.74 bits per heavy atom. The number of methoxy groups -OCH3 is 2. The number of benzene rings is 2. The molecule has 0 spiro atoms. The van der Waals surface area contributed by atoms with Crippen molar-refractivity contribution in [1.82, 2.24) is 0 Å². The number of hydrogen-bond donors (Lipinski definition) is 2. The highest BCUT2D eigenvalue weighted by molar-refractivity contribution is 5.92. The van der Waals surface area contributed by atoms with E-state index < -0.39 is 4.92 Å². The molecule has 8 heteroatoms. The zero-order valence-corrected chi connectivity index (χ0v) is 15.6. The number of carbonyl (C=O) groups excluding carboxylic acids is 1. The Bertz CT molecular complexity index is 806. The largest absolute Gasteiger partial charge is 0.493 e. The zero-order chi connectivity index (χ0) is 19.8. The molecule has 0 heterocycles. The Balaban J connectivity index is 1.82. The Labute approximate surface area is 157 Å². The van der Waals surface area contributed by atoms with Crippen molar-refractivity contribution in [3.63, 3.8) is 0 Å². The highest BCUT2D eigenvalue weighted by Crippen LogP contribution is 2.32. The average Bonchev–Trinajstić information content (AvgIpc) is 2.66. The average molecular weight is 373 g/mol. The molecule has 2 rings (SSSR count). The van der Waals surface area contributed by atoms with Gasteiger partial charge in [-0.2, -0.15) is 0 Å². The summed E-state index contributed by atoms with van der Waals surface area (Å²) in [6.45, 7) is 2.46. The van der Waals surface area contributed by atoms with Gasteiger partial charge >= 0.3 is 0 Å². The highest BCUT2D eigenvalue weighted by Gasteiger charge is 2.11. The second-order valence-corrected chi connectivity index (χ2v) is 5.90. The van der Waals surface area contributed by atoms with Gasteiger partial charge in [0.25, 0.3) is 5.69 Å². The Morgan fingerprint density at radius 3 is 2.33 bits per heavy atom. The van der Waals surface area contributed by atoms with Crippen LogP contribution in [-0.4, -0.2) is 31.6 Å². The molecule has 0 saturated carbocycles. The van der Waals surface area contributed by atoms with Crippen LogP contribution in [0.2, 0.25) is 0 Å². The van der Waals surface area contributed by atoms with E-state index in [9.17, 15) is 14.9 Å². The molecule has 144 valence electrons. The first-order valence-electron chi connectivity index (χ1n) is 8.45. The van der Waals surface area contributed by atoms with Crippen LogP contribution in [0.3, 0.4) is 0 Å². The van der Waals surface area contributed by atoms with Gasteiger partial charge in [0.2, 0.25) is 5.91 Å². The van der Waals surface area contributed by atoms with Crippen molar-refractivity contribution >= 4 is 23.0 Å². The number of anilines is 2. The highest BCUT2D eigenvalue weighted by atomic mass is 16.6. The summed E-state index contributed by atoms with van der Waals surface area (Å²) in [5, 5.41) is 16.6. The van der Waals surface area contributed by atoms with Crippen LogP contribution in [0.5, 0.6) is 11.5 Å². The molecule has 0 atom stereocenters. The molecule has 2 N–H and O–H groups in total. The first-order valence-corrected chi connectivity index (χ1v) is 8.45. The van der Waals surface area contributed by atoms with Crippen molar-refractivity contribution in [2.75, 3.05) is 31.4 Å². The molecule has 0 bridgehead atoms. The quantitative estimate of drug-likeness (QED) is 0.394. The summed E-state index contributed by atoms with van der Waals surface area (Å²) in [6, 6.07) is 9.71. The Hall–Kier alpha value is -3.29. The van der Waals surface area contributed by atoms with Crippen LogP contribution in [-0.2, 0) is 4.79 Å². The molecule has 8 nitrogen and oxygen atoms in total. The third-order valence-electron chi connectivity index (χ3n) is 3.99. The number of aryl methyl sites for hydroxylation is 1. The van der Waals surface area contributed by atoms with Crippen molar-refractivity contribution < 1.29 is 19.2 Å². The normalized spacial score (nSPS) is 10.2. The number of non-ortho nitro benzene ring substituents is 1. The van der Waals surface area contributed by atoms with Crippen LogP contribution in [0.4, 0.5) is 17.1 Å². The number of nitrogens with zero attached hydrogens (tertiary/aromatic N) is 1. The molecule has 1 amide bonds. The second-order valence-electron chi connectivity index (χ2n) is 5.90. The molecule has 2 aromatic rings. The monoisotopic (exact) mass is 373 g/mol. The van der Waals surface area contributed by atoms with Gasteiger partial charge in [-0.3, -0.25) is 14.9 Å². The topological polar surface area (TPSA) is 103 Å². The minimum Gasteiger partial charge on any atom is -0.493 e. The SMILES string of the molecule is COc1cc(C)c(NC(=O)CCCNc2ccc([N+](=O)[O-])cc2)cc1OC. The Kier molecular flexibility index (Phi) is 6.99. The lowest BCUT2D eigenvalue weighted by Crippen LogP contribution is -2.14. The van der Waals surface area contributed by atoms with Crippen LogP contribution in [0.1, 0.15) is 18.4 Å². The lowest BCUT2D eigenvalue weighted by Gasteiger charge is -2.13. The fourth-order valence-electron chi connectivity index (χ4n) is 2.51. The van der Waals surface area contributed by atoms with E-state index in [0.29, 0.717) is 36.6 Å². The number of carbonyl (C=O) groups is 1. The summed E-state index contributed by atoms with van der Waals surface area (Å²) in [4.78, 5) is 22.3. The van der Waals surface area contributed by atoms with E-state index in [-0.39, 0.29) is 11.6 Å². The van der Waals surface area contributed by atoms with Crippen molar-refractivity contribution in [3.05, 3.63) is 52.1 Å². The molecule has 0 radical (unpaired) electrons. The third kappa shape index (κ3) is 5.60. The first kappa shape index (κ1) is 20.0. The number of rotatable bonds is 9. The number of amides is 1. The van der Waals surface area contributed by atoms with Gasteiger partial charge in [0, 0.05) is 42.5 Å². The van der Waals surface area contributed by atoms with E-state index in [4.69, 9.17) is 9.47 Å². The lowest BCUT2D eigenvalue weighted by molar-refractivity contribution is -0.384. The van der Waals surface area contributed by atoms with Gasteiger partial charge in [-0.25, -0.2) is 0 Å². The zero-order valence-electron chi connectivity index (χ0n) is 15.6. The fraction of sp³-hybridized carbons (Fsp3) is 0.316. The van der Waals surface area contributed by atoms with E-state index in [1.165, 1.54) is 12.1 Å². The van der Waals surface area contributed by atoms with E-state index in [2.05, 4.69) is 10.6 Å². The number of ether oxygens (including phenoxy) is 2. The van der Waals surface area contributed by atoms with Crippen LogP contribution >= 0.6 is 0 Å². The molecular formula is C19H23N3O5. The van der Waals surface area contributed by atoms with Crippen LogP contribution in [0, 0.1) is 17.0 Å². The van der Waals surface area contributed by atoms with Gasteiger partial charge in [0.15, 0.2) is 11.5 Å². The predicted octanol–water partition coefficient (Wildman–Crippen LogP) is 3.75. The maximum atomic E-state index is 12.2. The van der Waals surface area contributed by atoms with Crippen molar-refractivity contribution in [2.24, 2.45) is 0 Å². The second kappa shape index (κ2) is 9.42. The molecule has 0 saturated heterocycles. The minimum absolute atomic E-state index is 0.0465. The Morgan fingerprint density at radius 1 is 1.11 bits per heavy atom. The summed E-state index contributed by atoms with van der Waals surface area (Å²) in [5.74, 6) is 1.06. The molecule has 2 aromatic carbocycles. The van der Waals surface area contributed by atoms with Gasteiger partial charge in [0.05, 0.1) is 19.1 Å². The molecule has 0 fully saturated rings. The van der Waals surface area contributed by atoms with E-state index in [1.807, 2.05) is 13.0 Å². The third-order valence-corrected chi connectivity index (χ3v) is 3.99. The number of nitro benzene ring substituents is 1. The van der Waals surface area contributed by atoms with E-state index in [0.717, 1.165) is 11.3 Å². The standard InChI is InChI=1S/C19H23N3O5/c1-13-11-17(26-2)18(27-3)12-16(13)21-19(23)5-4-10-20-14-6-8-15(9-7-14)22(24)25/h6-9,11-12,20H,4-5,10H2,1-3H3,(H,21,23). The van der Waals surface area contributed by atoms with Crippen molar-refractivity contribution in [1.29, 1.82) is 0 Å². The van der Waals surface area contributed by atoms with Crippen LogP contribution in [0.15, 0.2) is 36.4 Å². The summed E-state index contributed by atoms with van der Waals surface area (Å²) in [5.41, 5.74) is 2.38. The predicted molar refractivity (Wildman–Crippen MR) is 104 cm³/mol. The number of nitro groups is 1. The summed E-state index contributed by atoms with van der Waals surface area (Å²) in [6.07, 6.45) is 0.961. The van der Waals surface area contributed by atoms with Crippen LogP contribution in [0.25, 0.3) is 0 Å². The molecule has 0 aromatic heterocycles. The van der Waals surface area contributed by atoms with Gasteiger partial charge in [-0.15, -0.1) is 0 Å². The van der Waals surface area contributed by atoms with Gasteiger partial charge < -0.3 is 20.1 Å².